The van der Waals surface area contributed by atoms with E-state index in [1.807, 2.05) is 0 Å². The summed E-state index contributed by atoms with van der Waals surface area (Å²) in [7, 11) is 2.73. The molecule has 1 spiro atoms. The Hall–Kier alpha value is -5.43. The average molecular weight is 879 g/mol. The Bertz CT molecular complexity index is 2190. The van der Waals surface area contributed by atoms with Crippen LogP contribution in [0.3, 0.4) is 0 Å². The molecule has 2 N–H and O–H groups in total. The molecular weight excluding hydrogens is 824 g/mol. The van der Waals surface area contributed by atoms with E-state index in [1.54, 1.807) is 78.8 Å². The topological polar surface area (TPSA) is 231 Å². The number of carbonyl (C=O) groups excluding carboxylic acids is 6. The number of aromatic nitrogens is 1. The molecule has 18 heteroatoms. The van der Waals surface area contributed by atoms with Crippen molar-refractivity contribution in [2.45, 2.75) is 127 Å². The van der Waals surface area contributed by atoms with Crippen LogP contribution in [-0.4, -0.2) is 126 Å². The number of esters is 3. The SMILES string of the molecule is CO[C@H]1C(=O)[C@]2(C)[C@@H](OC)C[C@H]3OC[C@@]3(OC(C)=O)[C@H]2[C@H](OC(=O)c2ccccc2)[C@]23OC(=O)O[C@H]2[C@H](OC(=O)[C@H](O)[C@@H](NC(=O)OC(C)(C)C)c2ccccn2)C(C)=C1C3(C)C. The number of hydrogen-bond acceptors (Lipinski definition) is 17. The van der Waals surface area contributed by atoms with Gasteiger partial charge in [-0.05, 0) is 70.0 Å². The first-order valence-corrected chi connectivity index (χ1v) is 20.7. The van der Waals surface area contributed by atoms with Gasteiger partial charge in [0.1, 0.15) is 23.9 Å². The zero-order chi connectivity index (χ0) is 46.0. The van der Waals surface area contributed by atoms with Crippen molar-refractivity contribution in [3.05, 3.63) is 77.1 Å². The number of ether oxygens (including phenoxy) is 9. The molecule has 12 atom stereocenters. The fourth-order valence-electron chi connectivity index (χ4n) is 10.7. The fourth-order valence-corrected chi connectivity index (χ4v) is 10.7. The molecule has 340 valence electrons. The molecule has 2 saturated heterocycles. The van der Waals surface area contributed by atoms with E-state index in [-0.39, 0.29) is 35.4 Å². The van der Waals surface area contributed by atoms with Crippen molar-refractivity contribution < 1.29 is 76.5 Å². The van der Waals surface area contributed by atoms with Crippen LogP contribution in [0.5, 0.6) is 0 Å². The molecule has 4 fully saturated rings. The molecule has 7 rings (SSSR count). The third-order valence-corrected chi connectivity index (χ3v) is 13.3. The Morgan fingerprint density at radius 3 is 2.22 bits per heavy atom. The Balaban J connectivity index is 1.45. The monoisotopic (exact) mass is 878 g/mol. The Labute approximate surface area is 364 Å². The summed E-state index contributed by atoms with van der Waals surface area (Å²) in [6, 6.07) is 11.1. The van der Waals surface area contributed by atoms with Crippen molar-refractivity contribution in [3.63, 3.8) is 0 Å². The number of aliphatic hydroxyl groups is 1. The van der Waals surface area contributed by atoms with Crippen molar-refractivity contribution in [2.75, 3.05) is 20.8 Å². The number of nitrogens with zero attached hydrogens (tertiary/aromatic N) is 1. The predicted molar refractivity (Wildman–Crippen MR) is 215 cm³/mol. The number of alkyl carbamates (subject to hydrolysis) is 1. The normalized spacial score (nSPS) is 33.8. The molecule has 2 aromatic rings. The van der Waals surface area contributed by atoms with Gasteiger partial charge in [-0.25, -0.2) is 19.2 Å². The summed E-state index contributed by atoms with van der Waals surface area (Å²) in [6.45, 7) is 12.3. The molecule has 1 aromatic heterocycles. The minimum Gasteiger partial charge on any atom is -0.454 e. The summed E-state index contributed by atoms with van der Waals surface area (Å²) in [4.78, 5) is 89.2. The lowest BCUT2D eigenvalue weighted by molar-refractivity contribution is -0.347. The standard InChI is InChI=1S/C45H54N2O16/c1-22-28-32(56-10)34(50)43(8)26(55-9)20-27-44(21-57-27,61-23(2)48)33(43)36(59-37(51)24-16-12-11-13-17-24)45(42(28,6)7)35(60-40(54)63-45)31(22)58-38(52)30(49)29(25-18-14-15-19-46-25)47-39(53)62-41(3,4)5/h11-19,26-27,29-33,35-36,49H,20-21H2,1-10H3,(H,47,53)/t26-,27+,29-,30+,31+,32+,33-,35-,36-,43+,44-,45+/m0/s1. The molecule has 2 bridgehead atoms. The summed E-state index contributed by atoms with van der Waals surface area (Å²) in [5.41, 5.74) is -7.65. The number of amides is 1. The van der Waals surface area contributed by atoms with Crippen LogP contribution in [0.25, 0.3) is 0 Å². The maximum absolute atomic E-state index is 15.7. The lowest BCUT2D eigenvalue weighted by atomic mass is 9.44. The van der Waals surface area contributed by atoms with Gasteiger partial charge in [-0.3, -0.25) is 14.6 Å². The highest BCUT2D eigenvalue weighted by molar-refractivity contribution is 5.95. The third kappa shape index (κ3) is 7.24. The second-order valence-corrected chi connectivity index (χ2v) is 18.3. The van der Waals surface area contributed by atoms with Crippen LogP contribution in [0.1, 0.15) is 83.9 Å². The predicted octanol–water partition coefficient (Wildman–Crippen LogP) is 4.12. The van der Waals surface area contributed by atoms with E-state index in [2.05, 4.69) is 10.3 Å². The number of hydrogen-bond donors (Lipinski definition) is 2. The van der Waals surface area contributed by atoms with Crippen LogP contribution in [0.2, 0.25) is 0 Å². The number of ketones is 1. The zero-order valence-corrected chi connectivity index (χ0v) is 36.8. The summed E-state index contributed by atoms with van der Waals surface area (Å²) < 4.78 is 55.2. The van der Waals surface area contributed by atoms with Crippen LogP contribution < -0.4 is 5.32 Å². The van der Waals surface area contributed by atoms with Gasteiger partial charge < -0.3 is 53.1 Å². The molecule has 2 aliphatic heterocycles. The molecule has 63 heavy (non-hydrogen) atoms. The number of Topliss-reactive ketones (excluding diaryl/α,β-unsaturated/α-hetero) is 1. The number of carbonyl (C=O) groups is 6. The van der Waals surface area contributed by atoms with Crippen LogP contribution in [-0.2, 0) is 57.0 Å². The van der Waals surface area contributed by atoms with Crippen LogP contribution in [0.4, 0.5) is 9.59 Å². The second kappa shape index (κ2) is 16.3. The summed E-state index contributed by atoms with van der Waals surface area (Å²) >= 11 is 0. The number of nitrogens with one attached hydrogen (secondary N) is 1. The number of pyridine rings is 1. The maximum atomic E-state index is 15.7. The molecular formula is C45H54N2O16. The van der Waals surface area contributed by atoms with Gasteiger partial charge in [0.25, 0.3) is 0 Å². The highest BCUT2D eigenvalue weighted by Gasteiger charge is 2.83. The lowest BCUT2D eigenvalue weighted by Crippen LogP contribution is -2.83. The number of aliphatic hydroxyl groups excluding tert-OH is 1. The minimum absolute atomic E-state index is 0.0688. The molecule has 1 aromatic carbocycles. The molecule has 1 amide bonds. The minimum atomic E-state index is -2.22. The van der Waals surface area contributed by atoms with Crippen molar-refractivity contribution in [1.29, 1.82) is 0 Å². The quantitative estimate of drug-likeness (QED) is 0.194. The molecule has 0 radical (unpaired) electrons. The van der Waals surface area contributed by atoms with Gasteiger partial charge in [-0.2, -0.15) is 0 Å². The van der Waals surface area contributed by atoms with E-state index in [9.17, 15) is 29.1 Å². The van der Waals surface area contributed by atoms with E-state index in [4.69, 9.17) is 42.6 Å². The highest BCUT2D eigenvalue weighted by Crippen LogP contribution is 2.67. The molecule has 18 nitrogen and oxygen atoms in total. The van der Waals surface area contributed by atoms with Crippen molar-refractivity contribution in [1.82, 2.24) is 10.3 Å². The van der Waals surface area contributed by atoms with Gasteiger partial charge in [0, 0.05) is 39.2 Å². The van der Waals surface area contributed by atoms with E-state index in [0.29, 0.717) is 0 Å². The largest absolute Gasteiger partial charge is 0.509 e. The highest BCUT2D eigenvalue weighted by atomic mass is 16.8. The fraction of sp³-hybridized carbons (Fsp3) is 0.578. The molecule has 3 aliphatic carbocycles. The Morgan fingerprint density at radius 2 is 1.65 bits per heavy atom. The summed E-state index contributed by atoms with van der Waals surface area (Å²) in [6.07, 6.45) is -11.3. The summed E-state index contributed by atoms with van der Waals surface area (Å²) in [5, 5.41) is 14.3. The van der Waals surface area contributed by atoms with Gasteiger partial charge in [0.05, 0.1) is 35.3 Å². The van der Waals surface area contributed by atoms with E-state index in [1.165, 1.54) is 45.5 Å². The average Bonchev–Trinajstić information content (AvgIpc) is 3.59. The number of fused-ring (bicyclic) bond motifs is 4. The van der Waals surface area contributed by atoms with Gasteiger partial charge >= 0.3 is 30.2 Å². The molecule has 0 unspecified atom stereocenters. The lowest BCUT2D eigenvalue weighted by Gasteiger charge is -2.67. The maximum Gasteiger partial charge on any atom is 0.509 e. The molecule has 3 heterocycles. The Morgan fingerprint density at radius 1 is 0.968 bits per heavy atom. The molecule has 5 aliphatic rings. The summed E-state index contributed by atoms with van der Waals surface area (Å²) in [5.74, 6) is -4.92. The number of rotatable bonds is 10. The van der Waals surface area contributed by atoms with E-state index in [0.717, 1.165) is 0 Å². The molecule has 2 saturated carbocycles. The number of benzene rings is 1. The van der Waals surface area contributed by atoms with Crippen LogP contribution in [0.15, 0.2) is 65.9 Å². The Kier molecular flexibility index (Phi) is 11.8. The van der Waals surface area contributed by atoms with Gasteiger partial charge in [0.15, 0.2) is 35.8 Å². The van der Waals surface area contributed by atoms with Crippen molar-refractivity contribution >= 4 is 35.9 Å². The van der Waals surface area contributed by atoms with Gasteiger partial charge in [-0.15, -0.1) is 0 Å². The second-order valence-electron chi connectivity index (χ2n) is 18.3. The van der Waals surface area contributed by atoms with Gasteiger partial charge in [0.2, 0.25) is 5.60 Å². The van der Waals surface area contributed by atoms with E-state index >= 15 is 4.79 Å². The van der Waals surface area contributed by atoms with Crippen LogP contribution in [0, 0.1) is 16.7 Å². The van der Waals surface area contributed by atoms with Gasteiger partial charge in [-0.1, -0.05) is 38.1 Å². The smallest absolute Gasteiger partial charge is 0.454 e. The first-order valence-electron chi connectivity index (χ1n) is 20.7. The van der Waals surface area contributed by atoms with Crippen molar-refractivity contribution in [2.24, 2.45) is 16.7 Å². The van der Waals surface area contributed by atoms with Crippen molar-refractivity contribution in [3.8, 4) is 0 Å². The number of methoxy groups -OCH3 is 2. The third-order valence-electron chi connectivity index (χ3n) is 13.3. The van der Waals surface area contributed by atoms with Crippen LogP contribution >= 0.6 is 0 Å². The first kappa shape index (κ1) is 45.6. The zero-order valence-electron chi connectivity index (χ0n) is 36.8. The first-order chi connectivity index (χ1) is 29.6. The van der Waals surface area contributed by atoms with E-state index < -0.39 is 118 Å².